The second-order valence-electron chi connectivity index (χ2n) is 3.95. The Hall–Kier alpha value is -0.120. The van der Waals surface area contributed by atoms with Crippen molar-refractivity contribution in [1.29, 1.82) is 0 Å². The van der Waals surface area contributed by atoms with Crippen molar-refractivity contribution in [3.05, 3.63) is 0 Å². The van der Waals surface area contributed by atoms with Crippen LogP contribution in [0.1, 0.15) is 27.7 Å². The minimum Gasteiger partial charge on any atom is -0.379 e. The van der Waals surface area contributed by atoms with E-state index in [2.05, 4.69) is 26.1 Å². The second kappa shape index (κ2) is 8.21. The number of ether oxygens (including phenoxy) is 2. The minimum atomic E-state index is 0.177. The molecule has 0 spiro atoms. The van der Waals surface area contributed by atoms with Gasteiger partial charge in [-0.1, -0.05) is 13.8 Å². The van der Waals surface area contributed by atoms with Crippen molar-refractivity contribution in [1.82, 2.24) is 5.32 Å². The minimum absolute atomic E-state index is 0.177. The average Bonchev–Trinajstić information content (AvgIpc) is 2.14. The van der Waals surface area contributed by atoms with Gasteiger partial charge in [0, 0.05) is 13.2 Å². The maximum absolute atomic E-state index is 5.87. The van der Waals surface area contributed by atoms with Gasteiger partial charge in [0.1, 0.15) is 0 Å². The normalized spacial score (nSPS) is 15.9. The summed E-state index contributed by atoms with van der Waals surface area (Å²) in [6, 6.07) is 0. The Morgan fingerprint density at radius 2 is 1.86 bits per heavy atom. The average molecular weight is 203 g/mol. The summed E-state index contributed by atoms with van der Waals surface area (Å²) in [5, 5.41) is 3.14. The molecule has 0 aliphatic heterocycles. The number of nitrogens with one attached hydrogen (secondary N) is 1. The predicted molar refractivity (Wildman–Crippen MR) is 59.6 cm³/mol. The van der Waals surface area contributed by atoms with E-state index in [4.69, 9.17) is 9.47 Å². The van der Waals surface area contributed by atoms with Crippen molar-refractivity contribution in [3.63, 3.8) is 0 Å². The van der Waals surface area contributed by atoms with E-state index in [1.54, 1.807) is 0 Å². The topological polar surface area (TPSA) is 30.5 Å². The highest BCUT2D eigenvalue weighted by Gasteiger charge is 2.16. The third-order valence-corrected chi connectivity index (χ3v) is 2.11. The molecule has 86 valence electrons. The molecule has 3 heteroatoms. The van der Waals surface area contributed by atoms with Gasteiger partial charge in [-0.05, 0) is 26.8 Å². The lowest BCUT2D eigenvalue weighted by Crippen LogP contribution is -2.35. The lowest BCUT2D eigenvalue weighted by molar-refractivity contribution is -0.0612. The monoisotopic (exact) mass is 203 g/mol. The van der Waals surface area contributed by atoms with Crippen LogP contribution < -0.4 is 5.32 Å². The molecule has 0 rings (SSSR count). The molecule has 0 aliphatic carbocycles. The summed E-state index contributed by atoms with van der Waals surface area (Å²) in [5.74, 6) is 0.534. The summed E-state index contributed by atoms with van der Waals surface area (Å²) in [6.07, 6.45) is 0.450. The molecule has 0 aromatic rings. The molecule has 14 heavy (non-hydrogen) atoms. The molecule has 2 atom stereocenters. The molecular weight excluding hydrogens is 178 g/mol. The SMILES string of the molecule is CCOCC(C)OC(CNC)C(C)C. The first-order valence-electron chi connectivity index (χ1n) is 5.49. The van der Waals surface area contributed by atoms with Gasteiger partial charge in [-0.15, -0.1) is 0 Å². The highest BCUT2D eigenvalue weighted by Crippen LogP contribution is 2.08. The van der Waals surface area contributed by atoms with Gasteiger partial charge >= 0.3 is 0 Å². The van der Waals surface area contributed by atoms with Gasteiger partial charge in [-0.25, -0.2) is 0 Å². The molecule has 0 aromatic carbocycles. The molecule has 0 aliphatic rings. The fraction of sp³-hybridized carbons (Fsp3) is 1.00. The molecule has 0 amide bonds. The maximum atomic E-state index is 5.87. The molecule has 0 fully saturated rings. The largest absolute Gasteiger partial charge is 0.379 e. The summed E-state index contributed by atoms with van der Waals surface area (Å²) in [7, 11) is 1.95. The predicted octanol–water partition coefficient (Wildman–Crippen LogP) is 1.67. The van der Waals surface area contributed by atoms with Gasteiger partial charge in [0.15, 0.2) is 0 Å². The van der Waals surface area contributed by atoms with Gasteiger partial charge in [0.05, 0.1) is 18.8 Å². The first-order chi connectivity index (χ1) is 6.61. The van der Waals surface area contributed by atoms with Crippen LogP contribution in [0, 0.1) is 5.92 Å². The molecule has 1 N–H and O–H groups in total. The summed E-state index contributed by atoms with van der Waals surface area (Å²) >= 11 is 0. The standard InChI is InChI=1S/C11H25NO2/c1-6-13-8-10(4)14-11(7-12-5)9(2)3/h9-12H,6-8H2,1-5H3. The zero-order valence-corrected chi connectivity index (χ0v) is 10.2. The molecule has 0 bridgehead atoms. The number of hydrogen-bond donors (Lipinski definition) is 1. The Kier molecular flexibility index (Phi) is 8.14. The van der Waals surface area contributed by atoms with Crippen molar-refractivity contribution in [2.24, 2.45) is 5.92 Å². The van der Waals surface area contributed by atoms with Crippen molar-refractivity contribution >= 4 is 0 Å². The Morgan fingerprint density at radius 1 is 1.21 bits per heavy atom. The van der Waals surface area contributed by atoms with Gasteiger partial charge in [-0.2, -0.15) is 0 Å². The van der Waals surface area contributed by atoms with Crippen LogP contribution in [0.5, 0.6) is 0 Å². The zero-order chi connectivity index (χ0) is 11.0. The summed E-state index contributed by atoms with van der Waals surface area (Å²) < 4.78 is 11.2. The highest BCUT2D eigenvalue weighted by atomic mass is 16.5. The number of rotatable bonds is 8. The van der Waals surface area contributed by atoms with Crippen LogP contribution in [0.2, 0.25) is 0 Å². The van der Waals surface area contributed by atoms with E-state index in [-0.39, 0.29) is 12.2 Å². The first-order valence-corrected chi connectivity index (χ1v) is 5.49. The van der Waals surface area contributed by atoms with Gasteiger partial charge in [0.25, 0.3) is 0 Å². The second-order valence-corrected chi connectivity index (χ2v) is 3.95. The van der Waals surface area contributed by atoms with Gasteiger partial charge in [0.2, 0.25) is 0 Å². The molecule has 0 radical (unpaired) electrons. The Balaban J connectivity index is 3.77. The molecule has 3 nitrogen and oxygen atoms in total. The maximum Gasteiger partial charge on any atom is 0.0784 e. The van der Waals surface area contributed by atoms with Crippen LogP contribution in [0.15, 0.2) is 0 Å². The van der Waals surface area contributed by atoms with E-state index in [1.165, 1.54) is 0 Å². The fourth-order valence-electron chi connectivity index (χ4n) is 1.26. The number of hydrogen-bond acceptors (Lipinski definition) is 3. The van der Waals surface area contributed by atoms with Crippen LogP contribution >= 0.6 is 0 Å². The first kappa shape index (κ1) is 13.9. The highest BCUT2D eigenvalue weighted by molar-refractivity contribution is 4.66. The molecule has 2 unspecified atom stereocenters. The van der Waals surface area contributed by atoms with Crippen LogP contribution in [-0.2, 0) is 9.47 Å². The van der Waals surface area contributed by atoms with Crippen LogP contribution in [0.4, 0.5) is 0 Å². The third kappa shape index (κ3) is 6.35. The van der Waals surface area contributed by atoms with Gasteiger partial charge in [-0.3, -0.25) is 0 Å². The van der Waals surface area contributed by atoms with Crippen molar-refractivity contribution < 1.29 is 9.47 Å². The van der Waals surface area contributed by atoms with E-state index in [1.807, 2.05) is 14.0 Å². The summed E-state index contributed by atoms with van der Waals surface area (Å²) in [6.45, 7) is 10.7. The molecule has 0 aromatic heterocycles. The van der Waals surface area contributed by atoms with E-state index >= 15 is 0 Å². The summed E-state index contributed by atoms with van der Waals surface area (Å²) in [4.78, 5) is 0. The number of likely N-dealkylation sites (N-methyl/N-ethyl adjacent to an activating group) is 1. The summed E-state index contributed by atoms with van der Waals surface area (Å²) in [5.41, 5.74) is 0. The van der Waals surface area contributed by atoms with Crippen LogP contribution in [0.3, 0.4) is 0 Å². The van der Waals surface area contributed by atoms with E-state index in [0.29, 0.717) is 12.5 Å². The lowest BCUT2D eigenvalue weighted by Gasteiger charge is -2.25. The Bertz CT molecular complexity index is 128. The lowest BCUT2D eigenvalue weighted by atomic mass is 10.1. The van der Waals surface area contributed by atoms with Gasteiger partial charge < -0.3 is 14.8 Å². The fourth-order valence-corrected chi connectivity index (χ4v) is 1.26. The Labute approximate surface area is 88.2 Å². The molecule has 0 heterocycles. The van der Waals surface area contributed by atoms with E-state index < -0.39 is 0 Å². The van der Waals surface area contributed by atoms with Crippen LogP contribution in [0.25, 0.3) is 0 Å². The quantitative estimate of drug-likeness (QED) is 0.651. The third-order valence-electron chi connectivity index (χ3n) is 2.11. The Morgan fingerprint density at radius 3 is 2.29 bits per heavy atom. The zero-order valence-electron chi connectivity index (χ0n) is 10.2. The van der Waals surface area contributed by atoms with Crippen LogP contribution in [-0.4, -0.2) is 39.0 Å². The van der Waals surface area contributed by atoms with E-state index in [9.17, 15) is 0 Å². The molecule has 0 saturated heterocycles. The van der Waals surface area contributed by atoms with Crippen molar-refractivity contribution in [2.75, 3.05) is 26.8 Å². The van der Waals surface area contributed by atoms with Crippen molar-refractivity contribution in [2.45, 2.75) is 39.9 Å². The van der Waals surface area contributed by atoms with E-state index in [0.717, 1.165) is 13.2 Å². The molecule has 0 saturated carbocycles. The smallest absolute Gasteiger partial charge is 0.0784 e. The molecular formula is C11H25NO2. The van der Waals surface area contributed by atoms with Crippen molar-refractivity contribution in [3.8, 4) is 0 Å².